The number of anilines is 1. The molecular weight excluding hydrogens is 528 g/mol. The number of ether oxygens (including phenoxy) is 1. The monoisotopic (exact) mass is 562 g/mol. The van der Waals surface area contributed by atoms with Crippen molar-refractivity contribution in [2.75, 3.05) is 50.8 Å². The Balaban J connectivity index is 1.15. The Morgan fingerprint density at radius 2 is 1.40 bits per heavy atom. The molecule has 5 rings (SSSR count). The molecule has 0 aliphatic carbocycles. The maximum absolute atomic E-state index is 13.3. The molecule has 2 aliphatic rings. The van der Waals surface area contributed by atoms with E-state index < -0.39 is 10.0 Å². The van der Waals surface area contributed by atoms with Gasteiger partial charge in [0.05, 0.1) is 17.1 Å². The van der Waals surface area contributed by atoms with Gasteiger partial charge in [0.1, 0.15) is 0 Å². The molecule has 0 saturated carbocycles. The van der Waals surface area contributed by atoms with Crippen LogP contribution < -0.4 is 4.90 Å². The first-order valence-electron chi connectivity index (χ1n) is 13.7. The van der Waals surface area contributed by atoms with Crippen molar-refractivity contribution in [3.8, 4) is 11.1 Å². The van der Waals surface area contributed by atoms with E-state index in [9.17, 15) is 18.0 Å². The summed E-state index contributed by atoms with van der Waals surface area (Å²) >= 11 is 0. The first-order chi connectivity index (χ1) is 19.4. The summed E-state index contributed by atoms with van der Waals surface area (Å²) in [6.07, 6.45) is 5.14. The van der Waals surface area contributed by atoms with Crippen LogP contribution in [0.2, 0.25) is 0 Å². The summed E-state index contributed by atoms with van der Waals surface area (Å²) in [7, 11) is -3.67. The van der Waals surface area contributed by atoms with Crippen LogP contribution in [0.15, 0.2) is 78.0 Å². The van der Waals surface area contributed by atoms with Gasteiger partial charge in [0.25, 0.3) is 0 Å². The fourth-order valence-electron chi connectivity index (χ4n) is 5.33. The lowest BCUT2D eigenvalue weighted by molar-refractivity contribution is -0.137. The van der Waals surface area contributed by atoms with Crippen LogP contribution in [0, 0.1) is 5.92 Å². The lowest BCUT2D eigenvalue weighted by atomic mass is 9.94. The molecule has 2 saturated heterocycles. The summed E-state index contributed by atoms with van der Waals surface area (Å²) in [5.41, 5.74) is 3.31. The van der Waals surface area contributed by atoms with Crippen molar-refractivity contribution in [2.45, 2.75) is 24.7 Å². The highest BCUT2D eigenvalue weighted by atomic mass is 32.2. The van der Waals surface area contributed by atoms with Gasteiger partial charge in [-0.25, -0.2) is 13.2 Å². The number of benzene rings is 2. The average molecular weight is 563 g/mol. The SMILES string of the molecule is CCOC(=O)c1ccc(-c2ccc(S(=O)(=O)N3CCN(C(=O)C4CCN(c5ccncc5)CC4)CC3)cc2)cc1. The molecule has 2 aliphatic heterocycles. The van der Waals surface area contributed by atoms with E-state index in [0.717, 1.165) is 42.7 Å². The molecule has 210 valence electrons. The quantitative estimate of drug-likeness (QED) is 0.405. The van der Waals surface area contributed by atoms with Crippen LogP contribution in [-0.4, -0.2) is 80.4 Å². The fourth-order valence-corrected chi connectivity index (χ4v) is 6.75. The minimum absolute atomic E-state index is 0.0276. The lowest BCUT2D eigenvalue weighted by Crippen LogP contribution is -2.52. The number of piperidine rings is 1. The zero-order valence-corrected chi connectivity index (χ0v) is 23.4. The molecule has 1 amide bonds. The number of pyridine rings is 1. The standard InChI is InChI=1S/C30H34N4O5S/c1-2-39-30(36)26-5-3-23(4-6-26)24-7-9-28(10-8-24)40(37,38)34-21-19-33(20-22-34)29(35)25-13-17-32(18-14-25)27-11-15-31-16-12-27/h3-12,15-16,25H,2,13-14,17-22H2,1H3. The van der Waals surface area contributed by atoms with Crippen molar-refractivity contribution in [1.29, 1.82) is 0 Å². The van der Waals surface area contributed by atoms with Gasteiger partial charge in [-0.3, -0.25) is 9.78 Å². The molecule has 10 heteroatoms. The van der Waals surface area contributed by atoms with E-state index in [1.807, 2.05) is 29.2 Å². The molecule has 0 bridgehead atoms. The minimum atomic E-state index is -3.67. The highest BCUT2D eigenvalue weighted by molar-refractivity contribution is 7.89. The maximum Gasteiger partial charge on any atom is 0.338 e. The molecule has 0 atom stereocenters. The van der Waals surface area contributed by atoms with Crippen molar-refractivity contribution < 1.29 is 22.7 Å². The van der Waals surface area contributed by atoms with Crippen molar-refractivity contribution in [3.63, 3.8) is 0 Å². The number of sulfonamides is 1. The first kappa shape index (κ1) is 27.8. The van der Waals surface area contributed by atoms with Gasteiger partial charge < -0.3 is 14.5 Å². The minimum Gasteiger partial charge on any atom is -0.462 e. The zero-order chi connectivity index (χ0) is 28.1. The number of carbonyl (C=O) groups is 2. The molecule has 3 aromatic rings. The van der Waals surface area contributed by atoms with E-state index in [0.29, 0.717) is 25.3 Å². The average Bonchev–Trinajstić information content (AvgIpc) is 3.01. The van der Waals surface area contributed by atoms with Crippen LogP contribution in [-0.2, 0) is 19.6 Å². The molecule has 0 unspecified atom stereocenters. The Morgan fingerprint density at radius 1 is 0.825 bits per heavy atom. The normalized spacial score (nSPS) is 17.0. The van der Waals surface area contributed by atoms with Crippen LogP contribution in [0.4, 0.5) is 5.69 Å². The Bertz CT molecular complexity index is 1410. The summed E-state index contributed by atoms with van der Waals surface area (Å²) in [6.45, 7) is 5.06. The predicted molar refractivity (Wildman–Crippen MR) is 152 cm³/mol. The largest absolute Gasteiger partial charge is 0.462 e. The van der Waals surface area contributed by atoms with E-state index in [4.69, 9.17) is 4.74 Å². The molecular formula is C30H34N4O5S. The predicted octanol–water partition coefficient (Wildman–Crippen LogP) is 3.67. The Kier molecular flexibility index (Phi) is 8.46. The number of carbonyl (C=O) groups excluding carboxylic acids is 2. The van der Waals surface area contributed by atoms with Crippen LogP contribution >= 0.6 is 0 Å². The Hall–Kier alpha value is -3.76. The molecule has 1 aromatic heterocycles. The van der Waals surface area contributed by atoms with Crippen LogP contribution in [0.5, 0.6) is 0 Å². The van der Waals surface area contributed by atoms with Crippen LogP contribution in [0.1, 0.15) is 30.1 Å². The summed E-state index contributed by atoms with van der Waals surface area (Å²) < 4.78 is 33.1. The number of nitrogens with zero attached hydrogens (tertiary/aromatic N) is 4. The fraction of sp³-hybridized carbons (Fsp3) is 0.367. The summed E-state index contributed by atoms with van der Waals surface area (Å²) in [4.78, 5) is 33.5. The molecule has 3 heterocycles. The summed E-state index contributed by atoms with van der Waals surface area (Å²) in [6, 6.07) is 17.8. The van der Waals surface area contributed by atoms with Gasteiger partial charge in [0.2, 0.25) is 15.9 Å². The first-order valence-corrected chi connectivity index (χ1v) is 15.1. The number of amides is 1. The maximum atomic E-state index is 13.3. The molecule has 2 fully saturated rings. The second kappa shape index (κ2) is 12.2. The number of rotatable bonds is 7. The third-order valence-corrected chi connectivity index (χ3v) is 9.56. The van der Waals surface area contributed by atoms with E-state index in [-0.39, 0.29) is 35.8 Å². The topological polar surface area (TPSA) is 100 Å². The smallest absolute Gasteiger partial charge is 0.338 e. The third kappa shape index (κ3) is 6.03. The van der Waals surface area contributed by atoms with Gasteiger partial charge in [-0.15, -0.1) is 0 Å². The van der Waals surface area contributed by atoms with Gasteiger partial charge >= 0.3 is 5.97 Å². The number of hydrogen-bond acceptors (Lipinski definition) is 7. The van der Waals surface area contributed by atoms with E-state index in [2.05, 4.69) is 9.88 Å². The van der Waals surface area contributed by atoms with Gasteiger partial charge in [-0.1, -0.05) is 24.3 Å². The van der Waals surface area contributed by atoms with E-state index >= 15 is 0 Å². The Labute approximate surface area is 235 Å². The zero-order valence-electron chi connectivity index (χ0n) is 22.6. The van der Waals surface area contributed by atoms with Gasteiger partial charge in [0.15, 0.2) is 0 Å². The van der Waals surface area contributed by atoms with Gasteiger partial charge in [-0.2, -0.15) is 4.31 Å². The molecule has 0 spiro atoms. The molecule has 0 radical (unpaired) electrons. The Morgan fingerprint density at radius 3 is 1.98 bits per heavy atom. The second-order valence-electron chi connectivity index (χ2n) is 10.0. The third-order valence-electron chi connectivity index (χ3n) is 7.64. The number of hydrogen-bond donors (Lipinski definition) is 0. The highest BCUT2D eigenvalue weighted by Crippen LogP contribution is 2.27. The number of piperazine rings is 1. The highest BCUT2D eigenvalue weighted by Gasteiger charge is 2.34. The van der Waals surface area contributed by atoms with E-state index in [1.165, 1.54) is 4.31 Å². The van der Waals surface area contributed by atoms with Crippen LogP contribution in [0.3, 0.4) is 0 Å². The molecule has 40 heavy (non-hydrogen) atoms. The number of aromatic nitrogens is 1. The van der Waals surface area contributed by atoms with Crippen molar-refractivity contribution in [2.24, 2.45) is 5.92 Å². The van der Waals surface area contributed by atoms with Crippen molar-refractivity contribution in [1.82, 2.24) is 14.2 Å². The van der Waals surface area contributed by atoms with Crippen molar-refractivity contribution in [3.05, 3.63) is 78.6 Å². The molecule has 2 aromatic carbocycles. The molecule has 0 N–H and O–H groups in total. The second-order valence-corrected chi connectivity index (χ2v) is 12.0. The molecule has 9 nitrogen and oxygen atoms in total. The van der Waals surface area contributed by atoms with Crippen molar-refractivity contribution >= 4 is 27.6 Å². The van der Waals surface area contributed by atoms with Gasteiger partial charge in [0, 0.05) is 63.3 Å². The lowest BCUT2D eigenvalue weighted by Gasteiger charge is -2.38. The summed E-state index contributed by atoms with van der Waals surface area (Å²) in [5, 5.41) is 0. The van der Waals surface area contributed by atoms with Gasteiger partial charge in [-0.05, 0) is 67.3 Å². The van der Waals surface area contributed by atoms with E-state index in [1.54, 1.807) is 55.7 Å². The summed E-state index contributed by atoms with van der Waals surface area (Å²) in [5.74, 6) is -0.270. The number of esters is 1. The van der Waals surface area contributed by atoms with Crippen LogP contribution in [0.25, 0.3) is 11.1 Å².